The molecule has 0 aliphatic carbocycles. The lowest BCUT2D eigenvalue weighted by molar-refractivity contribution is 0.103. The Hall–Kier alpha value is -1.92. The zero-order chi connectivity index (χ0) is 13.4. The molecule has 0 radical (unpaired) electrons. The average Bonchev–Trinajstić information content (AvgIpc) is 2.94. The standard InChI is InChI=1S/C13H11N3OS2/c1-7-4-12(15-6-8(7)14)16-13(17)11-5-10-9(19-11)2-3-18-10/h2-6H,14H2,1H3,(H,15,16,17). The summed E-state index contributed by atoms with van der Waals surface area (Å²) in [5, 5.41) is 4.81. The predicted molar refractivity (Wildman–Crippen MR) is 81.0 cm³/mol. The smallest absolute Gasteiger partial charge is 0.266 e. The molecule has 0 aliphatic rings. The highest BCUT2D eigenvalue weighted by Gasteiger charge is 2.12. The van der Waals surface area contributed by atoms with Gasteiger partial charge in [0.2, 0.25) is 0 Å². The maximum atomic E-state index is 12.1. The van der Waals surface area contributed by atoms with Crippen molar-refractivity contribution in [2.24, 2.45) is 0 Å². The molecule has 0 saturated carbocycles. The van der Waals surface area contributed by atoms with Crippen molar-refractivity contribution in [2.45, 2.75) is 6.92 Å². The number of fused-ring (bicyclic) bond motifs is 1. The first-order chi connectivity index (χ1) is 9.13. The van der Waals surface area contributed by atoms with Crippen molar-refractivity contribution in [3.8, 4) is 0 Å². The van der Waals surface area contributed by atoms with Gasteiger partial charge in [0.1, 0.15) is 5.82 Å². The third-order valence-corrected chi connectivity index (χ3v) is 4.85. The van der Waals surface area contributed by atoms with E-state index in [1.807, 2.05) is 24.4 Å². The van der Waals surface area contributed by atoms with Crippen molar-refractivity contribution >= 4 is 49.5 Å². The Morgan fingerprint density at radius 1 is 1.37 bits per heavy atom. The normalized spacial score (nSPS) is 10.8. The van der Waals surface area contributed by atoms with Crippen LogP contribution in [0.3, 0.4) is 0 Å². The summed E-state index contributed by atoms with van der Waals surface area (Å²) in [6.07, 6.45) is 1.55. The molecule has 3 aromatic heterocycles. The topological polar surface area (TPSA) is 68.0 Å². The maximum Gasteiger partial charge on any atom is 0.266 e. The number of nitrogens with zero attached hydrogens (tertiary/aromatic N) is 1. The fourth-order valence-electron chi connectivity index (χ4n) is 1.69. The van der Waals surface area contributed by atoms with E-state index in [1.165, 1.54) is 11.3 Å². The fraction of sp³-hybridized carbons (Fsp3) is 0.0769. The van der Waals surface area contributed by atoms with E-state index < -0.39 is 0 Å². The van der Waals surface area contributed by atoms with Gasteiger partial charge in [-0.1, -0.05) is 0 Å². The second-order valence-corrected chi connectivity index (χ2v) is 6.17. The highest BCUT2D eigenvalue weighted by molar-refractivity contribution is 7.27. The van der Waals surface area contributed by atoms with Crippen LogP contribution in [0.1, 0.15) is 15.2 Å². The molecule has 96 valence electrons. The highest BCUT2D eigenvalue weighted by Crippen LogP contribution is 2.30. The minimum Gasteiger partial charge on any atom is -0.397 e. The number of carbonyl (C=O) groups excluding carboxylic acids is 1. The third kappa shape index (κ3) is 2.32. The molecule has 6 heteroatoms. The summed E-state index contributed by atoms with van der Waals surface area (Å²) < 4.78 is 2.27. The van der Waals surface area contributed by atoms with E-state index in [-0.39, 0.29) is 5.91 Å². The SMILES string of the molecule is Cc1cc(NC(=O)c2cc3sccc3s2)ncc1N. The number of nitrogens with two attached hydrogens (primary N) is 1. The number of aryl methyl sites for hydroxylation is 1. The van der Waals surface area contributed by atoms with Crippen LogP contribution in [0.2, 0.25) is 0 Å². The highest BCUT2D eigenvalue weighted by atomic mass is 32.1. The summed E-state index contributed by atoms with van der Waals surface area (Å²) >= 11 is 3.12. The Kier molecular flexibility index (Phi) is 2.96. The van der Waals surface area contributed by atoms with Crippen LogP contribution in [0, 0.1) is 6.92 Å². The molecule has 0 fully saturated rings. The van der Waals surface area contributed by atoms with E-state index >= 15 is 0 Å². The first kappa shape index (κ1) is 12.1. The summed E-state index contributed by atoms with van der Waals surface area (Å²) in [4.78, 5) is 16.9. The van der Waals surface area contributed by atoms with Gasteiger partial charge in [-0.15, -0.1) is 22.7 Å². The molecule has 0 aromatic carbocycles. The van der Waals surface area contributed by atoms with Crippen LogP contribution in [0.4, 0.5) is 11.5 Å². The van der Waals surface area contributed by atoms with Crippen molar-refractivity contribution in [3.63, 3.8) is 0 Å². The Bertz CT molecular complexity index is 732. The molecule has 0 spiro atoms. The number of aromatic nitrogens is 1. The van der Waals surface area contributed by atoms with Crippen molar-refractivity contribution < 1.29 is 4.79 Å². The molecular weight excluding hydrogens is 278 g/mol. The molecule has 19 heavy (non-hydrogen) atoms. The molecule has 3 heterocycles. The predicted octanol–water partition coefficient (Wildman–Crippen LogP) is 3.50. The van der Waals surface area contributed by atoms with E-state index in [0.29, 0.717) is 16.4 Å². The van der Waals surface area contributed by atoms with Crippen LogP contribution in [0.25, 0.3) is 9.40 Å². The quantitative estimate of drug-likeness (QED) is 0.758. The molecule has 0 unspecified atom stereocenters. The number of carbonyl (C=O) groups is 1. The van der Waals surface area contributed by atoms with Gasteiger partial charge in [0.25, 0.3) is 5.91 Å². The summed E-state index contributed by atoms with van der Waals surface area (Å²) in [7, 11) is 0. The van der Waals surface area contributed by atoms with Crippen LogP contribution in [-0.4, -0.2) is 10.9 Å². The van der Waals surface area contributed by atoms with Gasteiger partial charge in [0.15, 0.2) is 0 Å². The van der Waals surface area contributed by atoms with Crippen LogP contribution in [-0.2, 0) is 0 Å². The maximum absolute atomic E-state index is 12.1. The van der Waals surface area contributed by atoms with Crippen molar-refractivity contribution in [1.29, 1.82) is 0 Å². The summed E-state index contributed by atoms with van der Waals surface area (Å²) in [6.45, 7) is 1.88. The van der Waals surface area contributed by atoms with Crippen molar-refractivity contribution in [3.05, 3.63) is 40.2 Å². The number of hydrogen-bond acceptors (Lipinski definition) is 5. The minimum absolute atomic E-state index is 0.134. The molecule has 3 N–H and O–H groups in total. The summed E-state index contributed by atoms with van der Waals surface area (Å²) in [5.74, 6) is 0.388. The molecule has 0 saturated heterocycles. The Morgan fingerprint density at radius 2 is 2.21 bits per heavy atom. The Morgan fingerprint density at radius 3 is 2.95 bits per heavy atom. The Labute approximate surface area is 117 Å². The van der Waals surface area contributed by atoms with E-state index in [4.69, 9.17) is 5.73 Å². The van der Waals surface area contributed by atoms with E-state index in [9.17, 15) is 4.79 Å². The first-order valence-corrected chi connectivity index (χ1v) is 7.33. The molecular formula is C13H11N3OS2. The molecule has 0 aliphatic heterocycles. The molecule has 0 atom stereocenters. The van der Waals surface area contributed by atoms with Crippen LogP contribution < -0.4 is 11.1 Å². The average molecular weight is 289 g/mol. The zero-order valence-corrected chi connectivity index (χ0v) is 11.8. The molecule has 1 amide bonds. The van der Waals surface area contributed by atoms with Gasteiger partial charge in [-0.05, 0) is 36.1 Å². The van der Waals surface area contributed by atoms with Gasteiger partial charge in [0.05, 0.1) is 16.8 Å². The lowest BCUT2D eigenvalue weighted by Crippen LogP contribution is -2.11. The van der Waals surface area contributed by atoms with Gasteiger partial charge in [-0.2, -0.15) is 0 Å². The number of nitrogen functional groups attached to an aromatic ring is 1. The Balaban J connectivity index is 1.84. The molecule has 4 nitrogen and oxygen atoms in total. The lowest BCUT2D eigenvalue weighted by atomic mass is 10.2. The second-order valence-electron chi connectivity index (χ2n) is 4.14. The number of thiophene rings is 2. The fourth-order valence-corrected chi connectivity index (χ4v) is 3.69. The number of rotatable bonds is 2. The minimum atomic E-state index is -0.134. The largest absolute Gasteiger partial charge is 0.397 e. The molecule has 0 bridgehead atoms. The molecule has 3 aromatic rings. The van der Waals surface area contributed by atoms with Crippen molar-refractivity contribution in [2.75, 3.05) is 11.1 Å². The zero-order valence-electron chi connectivity index (χ0n) is 10.1. The number of amides is 1. The number of pyridine rings is 1. The van der Waals surface area contributed by atoms with Gasteiger partial charge < -0.3 is 11.1 Å². The summed E-state index contributed by atoms with van der Waals surface area (Å²) in [5.41, 5.74) is 7.22. The summed E-state index contributed by atoms with van der Waals surface area (Å²) in [6, 6.07) is 5.69. The van der Waals surface area contributed by atoms with Crippen molar-refractivity contribution in [1.82, 2.24) is 4.98 Å². The van der Waals surface area contributed by atoms with Gasteiger partial charge in [-0.25, -0.2) is 4.98 Å². The van der Waals surface area contributed by atoms with Crippen LogP contribution >= 0.6 is 22.7 Å². The van der Waals surface area contributed by atoms with E-state index in [0.717, 1.165) is 15.0 Å². The first-order valence-electron chi connectivity index (χ1n) is 5.64. The number of anilines is 2. The molecule has 3 rings (SSSR count). The third-order valence-electron chi connectivity index (χ3n) is 2.76. The number of hydrogen-bond donors (Lipinski definition) is 2. The van der Waals surface area contributed by atoms with Gasteiger partial charge in [0, 0.05) is 9.40 Å². The monoisotopic (exact) mass is 289 g/mol. The lowest BCUT2D eigenvalue weighted by Gasteiger charge is -2.05. The van der Waals surface area contributed by atoms with Gasteiger partial charge in [-0.3, -0.25) is 4.79 Å². The van der Waals surface area contributed by atoms with E-state index in [2.05, 4.69) is 10.3 Å². The van der Waals surface area contributed by atoms with Crippen LogP contribution in [0.15, 0.2) is 29.8 Å². The van der Waals surface area contributed by atoms with Gasteiger partial charge >= 0.3 is 0 Å². The van der Waals surface area contributed by atoms with Crippen LogP contribution in [0.5, 0.6) is 0 Å². The second kappa shape index (κ2) is 4.64. The number of nitrogens with one attached hydrogen (secondary N) is 1. The van der Waals surface area contributed by atoms with E-state index in [1.54, 1.807) is 23.6 Å².